The summed E-state index contributed by atoms with van der Waals surface area (Å²) < 4.78 is 5.15. The average Bonchev–Trinajstić information content (AvgIpc) is 2.43. The van der Waals surface area contributed by atoms with Gasteiger partial charge in [-0.3, -0.25) is 4.79 Å². The minimum Gasteiger partial charge on any atom is -0.497 e. The largest absolute Gasteiger partial charge is 0.497 e. The van der Waals surface area contributed by atoms with Crippen LogP contribution in [0.15, 0.2) is 29.2 Å². The van der Waals surface area contributed by atoms with Gasteiger partial charge in [0.1, 0.15) is 5.75 Å². The molecule has 1 atom stereocenters. The SMILES string of the molecule is CCN[C@H](C)CNC(=O)CSc1cccc(OC)c1. The number of carbonyl (C=O) groups is 1. The van der Waals surface area contributed by atoms with E-state index in [-0.39, 0.29) is 5.91 Å². The molecule has 2 N–H and O–H groups in total. The third-order valence-corrected chi connectivity index (χ3v) is 3.56. The van der Waals surface area contributed by atoms with Crippen molar-refractivity contribution in [1.82, 2.24) is 10.6 Å². The molecular weight excluding hydrogens is 260 g/mol. The smallest absolute Gasteiger partial charge is 0.230 e. The minimum atomic E-state index is 0.0533. The van der Waals surface area contributed by atoms with Crippen molar-refractivity contribution >= 4 is 17.7 Å². The minimum absolute atomic E-state index is 0.0533. The highest BCUT2D eigenvalue weighted by molar-refractivity contribution is 8.00. The molecule has 1 aromatic rings. The standard InChI is InChI=1S/C14H22N2O2S/c1-4-15-11(2)9-16-14(17)10-19-13-7-5-6-12(8-13)18-3/h5-8,11,15H,4,9-10H2,1-3H3,(H,16,17)/t11-/m1/s1. The fraction of sp³-hybridized carbons (Fsp3) is 0.500. The summed E-state index contributed by atoms with van der Waals surface area (Å²) in [5.41, 5.74) is 0. The molecule has 106 valence electrons. The molecule has 0 saturated carbocycles. The topological polar surface area (TPSA) is 50.4 Å². The van der Waals surface area contributed by atoms with E-state index in [1.165, 1.54) is 11.8 Å². The molecule has 0 spiro atoms. The van der Waals surface area contributed by atoms with Gasteiger partial charge < -0.3 is 15.4 Å². The summed E-state index contributed by atoms with van der Waals surface area (Å²) in [5, 5.41) is 6.16. The van der Waals surface area contributed by atoms with E-state index in [1.54, 1.807) is 7.11 Å². The lowest BCUT2D eigenvalue weighted by Crippen LogP contribution is -2.39. The van der Waals surface area contributed by atoms with E-state index in [9.17, 15) is 4.79 Å². The summed E-state index contributed by atoms with van der Waals surface area (Å²) in [7, 11) is 1.64. The summed E-state index contributed by atoms with van der Waals surface area (Å²) in [6, 6.07) is 8.02. The van der Waals surface area contributed by atoms with Gasteiger partial charge in [-0.05, 0) is 31.7 Å². The lowest BCUT2D eigenvalue weighted by Gasteiger charge is -2.13. The maximum Gasteiger partial charge on any atom is 0.230 e. The number of likely N-dealkylation sites (N-methyl/N-ethyl adjacent to an activating group) is 1. The molecular formula is C14H22N2O2S. The third-order valence-electron chi connectivity index (χ3n) is 2.57. The molecule has 19 heavy (non-hydrogen) atoms. The van der Waals surface area contributed by atoms with Crippen LogP contribution in [0.4, 0.5) is 0 Å². The van der Waals surface area contributed by atoms with Crippen LogP contribution in [0.2, 0.25) is 0 Å². The molecule has 0 aliphatic carbocycles. The Balaban J connectivity index is 2.29. The molecule has 0 bridgehead atoms. The van der Waals surface area contributed by atoms with Crippen molar-refractivity contribution in [2.24, 2.45) is 0 Å². The number of hydrogen-bond donors (Lipinski definition) is 2. The molecule has 0 aromatic heterocycles. The Morgan fingerprint density at radius 2 is 2.26 bits per heavy atom. The molecule has 0 saturated heterocycles. The van der Waals surface area contributed by atoms with Crippen molar-refractivity contribution in [3.8, 4) is 5.75 Å². The van der Waals surface area contributed by atoms with E-state index in [1.807, 2.05) is 24.3 Å². The molecule has 0 radical (unpaired) electrons. The van der Waals surface area contributed by atoms with Gasteiger partial charge in [0, 0.05) is 17.5 Å². The second-order valence-electron chi connectivity index (χ2n) is 4.23. The van der Waals surface area contributed by atoms with Crippen molar-refractivity contribution in [2.75, 3.05) is 26.0 Å². The van der Waals surface area contributed by atoms with Gasteiger partial charge in [-0.1, -0.05) is 13.0 Å². The summed E-state index contributed by atoms with van der Waals surface area (Å²) in [6.45, 7) is 5.68. The first kappa shape index (κ1) is 15.9. The van der Waals surface area contributed by atoms with Crippen molar-refractivity contribution < 1.29 is 9.53 Å². The number of nitrogens with one attached hydrogen (secondary N) is 2. The molecule has 0 fully saturated rings. The Labute approximate surface area is 119 Å². The van der Waals surface area contributed by atoms with Crippen LogP contribution in [-0.2, 0) is 4.79 Å². The maximum atomic E-state index is 11.7. The van der Waals surface area contributed by atoms with Crippen molar-refractivity contribution in [3.63, 3.8) is 0 Å². The van der Waals surface area contributed by atoms with E-state index in [4.69, 9.17) is 4.74 Å². The molecule has 5 heteroatoms. The fourth-order valence-electron chi connectivity index (χ4n) is 1.58. The van der Waals surface area contributed by atoms with Crippen LogP contribution in [0, 0.1) is 0 Å². The van der Waals surface area contributed by atoms with E-state index in [2.05, 4.69) is 24.5 Å². The normalized spacial score (nSPS) is 11.9. The number of rotatable bonds is 8. The molecule has 0 unspecified atom stereocenters. The molecule has 1 aromatic carbocycles. The highest BCUT2D eigenvalue weighted by atomic mass is 32.2. The predicted octanol–water partition coefficient (Wildman–Crippen LogP) is 1.90. The van der Waals surface area contributed by atoms with E-state index in [0.29, 0.717) is 18.3 Å². The lowest BCUT2D eigenvalue weighted by molar-refractivity contribution is -0.118. The number of hydrogen-bond acceptors (Lipinski definition) is 4. The Morgan fingerprint density at radius 1 is 1.47 bits per heavy atom. The Bertz CT molecular complexity index is 399. The quantitative estimate of drug-likeness (QED) is 0.715. The third kappa shape index (κ3) is 6.50. The number of methoxy groups -OCH3 is 1. The number of ether oxygens (including phenoxy) is 1. The zero-order valence-electron chi connectivity index (χ0n) is 11.7. The molecule has 0 heterocycles. The van der Waals surface area contributed by atoms with E-state index < -0.39 is 0 Å². The van der Waals surface area contributed by atoms with Crippen LogP contribution >= 0.6 is 11.8 Å². The Hall–Kier alpha value is -1.20. The van der Waals surface area contributed by atoms with Gasteiger partial charge in [-0.25, -0.2) is 0 Å². The first-order valence-corrected chi connectivity index (χ1v) is 7.41. The van der Waals surface area contributed by atoms with Gasteiger partial charge in [0.15, 0.2) is 0 Å². The van der Waals surface area contributed by atoms with Crippen LogP contribution in [0.5, 0.6) is 5.75 Å². The number of thioether (sulfide) groups is 1. The lowest BCUT2D eigenvalue weighted by atomic mass is 10.3. The number of amides is 1. The summed E-state index contributed by atoms with van der Waals surface area (Å²) in [4.78, 5) is 12.7. The van der Waals surface area contributed by atoms with Gasteiger partial charge in [0.25, 0.3) is 0 Å². The Morgan fingerprint density at radius 3 is 2.95 bits per heavy atom. The fourth-order valence-corrected chi connectivity index (χ4v) is 2.35. The molecule has 1 rings (SSSR count). The van der Waals surface area contributed by atoms with E-state index in [0.717, 1.165) is 17.2 Å². The highest BCUT2D eigenvalue weighted by Gasteiger charge is 2.05. The zero-order valence-corrected chi connectivity index (χ0v) is 12.5. The summed E-state index contributed by atoms with van der Waals surface area (Å²) >= 11 is 1.51. The molecule has 0 aliphatic rings. The Kier molecular flexibility index (Phi) is 7.36. The van der Waals surface area contributed by atoms with Crippen LogP contribution < -0.4 is 15.4 Å². The van der Waals surface area contributed by atoms with Crippen molar-refractivity contribution in [3.05, 3.63) is 24.3 Å². The summed E-state index contributed by atoms with van der Waals surface area (Å²) in [6.07, 6.45) is 0. The van der Waals surface area contributed by atoms with Gasteiger partial charge >= 0.3 is 0 Å². The maximum absolute atomic E-state index is 11.7. The van der Waals surface area contributed by atoms with Crippen molar-refractivity contribution in [2.45, 2.75) is 24.8 Å². The van der Waals surface area contributed by atoms with E-state index >= 15 is 0 Å². The predicted molar refractivity (Wildman–Crippen MR) is 79.9 cm³/mol. The molecule has 1 amide bonds. The zero-order chi connectivity index (χ0) is 14.1. The molecule has 0 aliphatic heterocycles. The van der Waals surface area contributed by atoms with Gasteiger partial charge in [0.2, 0.25) is 5.91 Å². The van der Waals surface area contributed by atoms with Crippen LogP contribution in [0.1, 0.15) is 13.8 Å². The first-order chi connectivity index (χ1) is 9.15. The average molecular weight is 282 g/mol. The van der Waals surface area contributed by atoms with Gasteiger partial charge in [-0.15, -0.1) is 11.8 Å². The molecule has 4 nitrogen and oxygen atoms in total. The van der Waals surface area contributed by atoms with Crippen LogP contribution in [-0.4, -0.2) is 37.9 Å². The van der Waals surface area contributed by atoms with Gasteiger partial charge in [0.05, 0.1) is 12.9 Å². The monoisotopic (exact) mass is 282 g/mol. The van der Waals surface area contributed by atoms with Gasteiger partial charge in [-0.2, -0.15) is 0 Å². The second-order valence-corrected chi connectivity index (χ2v) is 5.28. The second kappa shape index (κ2) is 8.82. The van der Waals surface area contributed by atoms with Crippen LogP contribution in [0.3, 0.4) is 0 Å². The van der Waals surface area contributed by atoms with Crippen LogP contribution in [0.25, 0.3) is 0 Å². The summed E-state index contributed by atoms with van der Waals surface area (Å²) in [5.74, 6) is 1.29. The van der Waals surface area contributed by atoms with Crippen molar-refractivity contribution in [1.29, 1.82) is 0 Å². The highest BCUT2D eigenvalue weighted by Crippen LogP contribution is 2.22. The first-order valence-electron chi connectivity index (χ1n) is 6.42. The number of carbonyl (C=O) groups excluding carboxylic acids is 1. The number of benzene rings is 1.